The number of hydrogen-bond donors (Lipinski definition) is 1. The van der Waals surface area contributed by atoms with Crippen molar-refractivity contribution in [3.8, 4) is 0 Å². The maximum absolute atomic E-state index is 11.1. The van der Waals surface area contributed by atoms with Gasteiger partial charge in [0.1, 0.15) is 0 Å². The summed E-state index contributed by atoms with van der Waals surface area (Å²) in [5, 5.41) is 0. The highest BCUT2D eigenvalue weighted by molar-refractivity contribution is 7.85. The molecular formula is C11H10O3S. The van der Waals surface area contributed by atoms with Crippen LogP contribution in [-0.2, 0) is 10.1 Å². The first-order chi connectivity index (χ1) is 7.09. The molecule has 4 heteroatoms. The molecule has 0 radical (unpaired) electrons. The highest BCUT2D eigenvalue weighted by Gasteiger charge is 2.19. The Balaban J connectivity index is 2.57. The van der Waals surface area contributed by atoms with Gasteiger partial charge < -0.3 is 0 Å². The second-order valence-corrected chi connectivity index (χ2v) is 4.70. The quantitative estimate of drug-likeness (QED) is 0.780. The molecular weight excluding hydrogens is 212 g/mol. The molecule has 0 saturated heterocycles. The topological polar surface area (TPSA) is 54.4 Å². The van der Waals surface area contributed by atoms with E-state index in [4.69, 9.17) is 4.55 Å². The Bertz CT molecular complexity index is 515. The lowest BCUT2D eigenvalue weighted by Crippen LogP contribution is -2.04. The van der Waals surface area contributed by atoms with Crippen LogP contribution in [0.5, 0.6) is 0 Å². The van der Waals surface area contributed by atoms with Crippen molar-refractivity contribution in [1.29, 1.82) is 0 Å². The molecule has 0 bridgehead atoms. The third kappa shape index (κ3) is 2.00. The van der Waals surface area contributed by atoms with E-state index in [1.165, 1.54) is 6.07 Å². The summed E-state index contributed by atoms with van der Waals surface area (Å²) < 4.78 is 31.3. The van der Waals surface area contributed by atoms with E-state index in [2.05, 4.69) is 0 Å². The molecule has 1 aromatic carbocycles. The van der Waals surface area contributed by atoms with Gasteiger partial charge in [-0.05, 0) is 11.6 Å². The Labute approximate surface area is 88.5 Å². The number of allylic oxidation sites excluding steroid dienone is 4. The fraction of sp³-hybridized carbons (Fsp3) is 0.0909. The zero-order valence-corrected chi connectivity index (χ0v) is 8.68. The average Bonchev–Trinajstić information content (AvgIpc) is 2.69. The zero-order chi connectivity index (χ0) is 10.9. The molecule has 0 aliphatic heterocycles. The summed E-state index contributed by atoms with van der Waals surface area (Å²) in [6.45, 7) is 0. The van der Waals surface area contributed by atoms with Gasteiger partial charge in [0.05, 0.1) is 4.90 Å². The first-order valence-corrected chi connectivity index (χ1v) is 5.94. The molecule has 0 amide bonds. The summed E-state index contributed by atoms with van der Waals surface area (Å²) in [5.74, 6) is -0.0666. The first kappa shape index (κ1) is 10.1. The van der Waals surface area contributed by atoms with E-state index in [1.54, 1.807) is 18.2 Å². The fourth-order valence-electron chi connectivity index (χ4n) is 1.63. The van der Waals surface area contributed by atoms with Crippen LogP contribution < -0.4 is 0 Å². The smallest absolute Gasteiger partial charge is 0.282 e. The molecule has 1 aliphatic rings. The van der Waals surface area contributed by atoms with E-state index in [0.717, 1.165) is 0 Å². The third-order valence-corrected chi connectivity index (χ3v) is 3.23. The highest BCUT2D eigenvalue weighted by Crippen LogP contribution is 2.28. The van der Waals surface area contributed by atoms with E-state index >= 15 is 0 Å². The Kier molecular flexibility index (Phi) is 2.46. The maximum atomic E-state index is 11.1. The molecule has 78 valence electrons. The maximum Gasteiger partial charge on any atom is 0.294 e. The lowest BCUT2D eigenvalue weighted by molar-refractivity contribution is 0.482. The molecule has 0 aromatic heterocycles. The van der Waals surface area contributed by atoms with Crippen molar-refractivity contribution in [3.05, 3.63) is 54.1 Å². The molecule has 1 aliphatic carbocycles. The fourth-order valence-corrected chi connectivity index (χ4v) is 2.38. The lowest BCUT2D eigenvalue weighted by atomic mass is 10.0. The van der Waals surface area contributed by atoms with Crippen LogP contribution in [0.25, 0.3) is 0 Å². The Morgan fingerprint density at radius 1 is 1.07 bits per heavy atom. The molecule has 0 fully saturated rings. The second kappa shape index (κ2) is 3.64. The van der Waals surface area contributed by atoms with Gasteiger partial charge in [0.15, 0.2) is 0 Å². The Morgan fingerprint density at radius 3 is 2.27 bits per heavy atom. The van der Waals surface area contributed by atoms with Crippen LogP contribution in [0.3, 0.4) is 0 Å². The van der Waals surface area contributed by atoms with Crippen molar-refractivity contribution >= 4 is 10.1 Å². The molecule has 0 heterocycles. The summed E-state index contributed by atoms with van der Waals surface area (Å²) in [6.07, 6.45) is 7.46. The minimum absolute atomic E-state index is 0.0220. The SMILES string of the molecule is O=S(=O)(O)c1ccccc1C1C=CC=C1. The lowest BCUT2D eigenvalue weighted by Gasteiger charge is -2.09. The van der Waals surface area contributed by atoms with Crippen molar-refractivity contribution in [1.82, 2.24) is 0 Å². The van der Waals surface area contributed by atoms with Crippen LogP contribution >= 0.6 is 0 Å². The molecule has 1 aromatic rings. The molecule has 0 spiro atoms. The Morgan fingerprint density at radius 2 is 1.67 bits per heavy atom. The Hall–Kier alpha value is -1.39. The summed E-state index contributed by atoms with van der Waals surface area (Å²) >= 11 is 0. The van der Waals surface area contributed by atoms with Crippen molar-refractivity contribution in [2.45, 2.75) is 10.8 Å². The zero-order valence-electron chi connectivity index (χ0n) is 7.87. The standard InChI is InChI=1S/C11H10O3S/c12-15(13,14)11-8-4-3-7-10(11)9-5-1-2-6-9/h1-9H,(H,12,13,14). The van der Waals surface area contributed by atoms with Gasteiger partial charge >= 0.3 is 0 Å². The monoisotopic (exact) mass is 222 g/mol. The first-order valence-electron chi connectivity index (χ1n) is 4.50. The number of hydrogen-bond acceptors (Lipinski definition) is 2. The highest BCUT2D eigenvalue weighted by atomic mass is 32.2. The van der Waals surface area contributed by atoms with E-state index in [1.807, 2.05) is 24.3 Å². The van der Waals surface area contributed by atoms with Gasteiger partial charge in [-0.15, -0.1) is 0 Å². The molecule has 0 unspecified atom stereocenters. The van der Waals surface area contributed by atoms with Gasteiger partial charge in [-0.1, -0.05) is 42.5 Å². The molecule has 1 N–H and O–H groups in total. The van der Waals surface area contributed by atoms with Gasteiger partial charge in [-0.2, -0.15) is 8.42 Å². The van der Waals surface area contributed by atoms with E-state index < -0.39 is 10.1 Å². The summed E-state index contributed by atoms with van der Waals surface area (Å²) in [4.78, 5) is -0.0220. The van der Waals surface area contributed by atoms with Crippen LogP contribution in [0.1, 0.15) is 11.5 Å². The molecule has 2 rings (SSSR count). The van der Waals surface area contributed by atoms with Crippen molar-refractivity contribution in [3.63, 3.8) is 0 Å². The van der Waals surface area contributed by atoms with Crippen molar-refractivity contribution in [2.24, 2.45) is 0 Å². The number of benzene rings is 1. The van der Waals surface area contributed by atoms with Crippen LogP contribution in [0, 0.1) is 0 Å². The van der Waals surface area contributed by atoms with Crippen LogP contribution in [0.4, 0.5) is 0 Å². The third-order valence-electron chi connectivity index (χ3n) is 2.30. The van der Waals surface area contributed by atoms with Gasteiger partial charge in [0, 0.05) is 5.92 Å². The number of rotatable bonds is 2. The predicted molar refractivity (Wildman–Crippen MR) is 57.3 cm³/mol. The summed E-state index contributed by atoms with van der Waals surface area (Å²) in [6, 6.07) is 6.46. The van der Waals surface area contributed by atoms with E-state index in [-0.39, 0.29) is 10.8 Å². The van der Waals surface area contributed by atoms with Gasteiger partial charge in [0.25, 0.3) is 10.1 Å². The normalized spacial score (nSPS) is 16.1. The molecule has 0 saturated carbocycles. The van der Waals surface area contributed by atoms with Crippen molar-refractivity contribution < 1.29 is 13.0 Å². The van der Waals surface area contributed by atoms with Crippen molar-refractivity contribution in [2.75, 3.05) is 0 Å². The molecule has 15 heavy (non-hydrogen) atoms. The van der Waals surface area contributed by atoms with Crippen LogP contribution in [0.15, 0.2) is 53.5 Å². The average molecular weight is 222 g/mol. The van der Waals surface area contributed by atoms with E-state index in [0.29, 0.717) is 5.56 Å². The van der Waals surface area contributed by atoms with Gasteiger partial charge in [-0.3, -0.25) is 4.55 Å². The predicted octanol–water partition coefficient (Wildman–Crippen LogP) is 2.14. The second-order valence-electron chi connectivity index (χ2n) is 3.31. The van der Waals surface area contributed by atoms with Crippen LogP contribution in [0.2, 0.25) is 0 Å². The summed E-state index contributed by atoms with van der Waals surface area (Å²) in [7, 11) is -4.14. The van der Waals surface area contributed by atoms with Gasteiger partial charge in [0.2, 0.25) is 0 Å². The van der Waals surface area contributed by atoms with Gasteiger partial charge in [-0.25, -0.2) is 0 Å². The molecule has 3 nitrogen and oxygen atoms in total. The summed E-state index contributed by atoms with van der Waals surface area (Å²) in [5.41, 5.74) is 0.602. The minimum atomic E-state index is -4.14. The molecule has 0 atom stereocenters. The minimum Gasteiger partial charge on any atom is -0.282 e. The van der Waals surface area contributed by atoms with E-state index in [9.17, 15) is 8.42 Å². The largest absolute Gasteiger partial charge is 0.294 e. The van der Waals surface area contributed by atoms with Crippen LogP contribution in [-0.4, -0.2) is 13.0 Å².